The fraction of sp³-hybridized carbons (Fsp3) is 0.533. The lowest BCUT2D eigenvalue weighted by molar-refractivity contribution is -0.385. The Morgan fingerprint density at radius 3 is 2.12 bits per heavy atom. The molecule has 2 rings (SSSR count). The minimum Gasteiger partial charge on any atom is -0.490 e. The van der Waals surface area contributed by atoms with Crippen molar-refractivity contribution < 1.29 is 28.5 Å². The van der Waals surface area contributed by atoms with Crippen molar-refractivity contribution in [3.8, 4) is 5.75 Å². The van der Waals surface area contributed by atoms with Gasteiger partial charge in [0.25, 0.3) is 0 Å². The van der Waals surface area contributed by atoms with E-state index in [0.717, 1.165) is 6.07 Å². The average Bonchev–Trinajstić information content (AvgIpc) is 2.72. The molecule has 1 aliphatic heterocycles. The van der Waals surface area contributed by atoms with Crippen molar-refractivity contribution in [1.82, 2.24) is 0 Å². The number of carbonyl (C=O) groups is 1. The first kappa shape index (κ1) is 18.2. The number of nitro groups is 1. The van der Waals surface area contributed by atoms with E-state index in [-0.39, 0.29) is 22.5 Å². The second kappa shape index (κ2) is 6.06. The van der Waals surface area contributed by atoms with Crippen LogP contribution in [0.25, 0.3) is 0 Å². The van der Waals surface area contributed by atoms with Crippen LogP contribution in [0, 0.1) is 10.1 Å². The molecule has 9 heteroatoms. The quantitative estimate of drug-likeness (QED) is 0.357. The van der Waals surface area contributed by atoms with Gasteiger partial charge in [-0.3, -0.25) is 10.1 Å². The maximum absolute atomic E-state index is 11.8. The van der Waals surface area contributed by atoms with E-state index in [0.29, 0.717) is 0 Å². The van der Waals surface area contributed by atoms with E-state index in [1.54, 1.807) is 0 Å². The van der Waals surface area contributed by atoms with Crippen LogP contribution in [0.5, 0.6) is 5.75 Å². The van der Waals surface area contributed by atoms with Gasteiger partial charge in [-0.25, -0.2) is 4.79 Å². The van der Waals surface area contributed by atoms with Gasteiger partial charge in [0, 0.05) is 11.5 Å². The molecule has 1 saturated heterocycles. The number of hydrogen-bond donors (Lipinski definition) is 0. The summed E-state index contributed by atoms with van der Waals surface area (Å²) in [6.07, 6.45) is 0. The lowest BCUT2D eigenvalue weighted by Crippen LogP contribution is -2.41. The van der Waals surface area contributed by atoms with Crippen LogP contribution < -0.4 is 10.2 Å². The number of benzene rings is 1. The molecule has 0 aromatic heterocycles. The maximum Gasteiger partial charge on any atom is 0.498 e. The summed E-state index contributed by atoms with van der Waals surface area (Å²) >= 11 is 0. The number of esters is 1. The molecule has 130 valence electrons. The third-order valence-corrected chi connectivity index (χ3v) is 4.43. The highest BCUT2D eigenvalue weighted by molar-refractivity contribution is 6.63. The highest BCUT2D eigenvalue weighted by Gasteiger charge is 2.53. The van der Waals surface area contributed by atoms with Crippen molar-refractivity contribution in [2.24, 2.45) is 0 Å². The lowest BCUT2D eigenvalue weighted by atomic mass is 9.77. The molecule has 0 bridgehead atoms. The van der Waals surface area contributed by atoms with Crippen molar-refractivity contribution in [3.63, 3.8) is 0 Å². The zero-order chi connectivity index (χ0) is 18.3. The molecule has 1 aromatic carbocycles. The first-order chi connectivity index (χ1) is 11.0. The molecule has 0 amide bonds. The van der Waals surface area contributed by atoms with Gasteiger partial charge in [-0.2, -0.15) is 0 Å². The number of hydrogen-bond acceptors (Lipinski definition) is 7. The first-order valence-corrected chi connectivity index (χ1v) is 7.34. The monoisotopic (exact) mass is 337 g/mol. The molecule has 0 atom stereocenters. The number of rotatable bonds is 4. The zero-order valence-corrected chi connectivity index (χ0v) is 14.5. The van der Waals surface area contributed by atoms with Crippen LogP contribution in [0.1, 0.15) is 38.1 Å². The van der Waals surface area contributed by atoms with E-state index in [2.05, 4.69) is 4.74 Å². The second-order valence-corrected chi connectivity index (χ2v) is 6.45. The van der Waals surface area contributed by atoms with Gasteiger partial charge in [0.2, 0.25) is 0 Å². The van der Waals surface area contributed by atoms with Gasteiger partial charge >= 0.3 is 18.8 Å². The molecule has 24 heavy (non-hydrogen) atoms. The Hall–Kier alpha value is -2.13. The van der Waals surface area contributed by atoms with Crippen LogP contribution in [0.3, 0.4) is 0 Å². The van der Waals surface area contributed by atoms with E-state index >= 15 is 0 Å². The number of methoxy groups -OCH3 is 2. The van der Waals surface area contributed by atoms with Gasteiger partial charge < -0.3 is 18.8 Å². The summed E-state index contributed by atoms with van der Waals surface area (Å²) in [7, 11) is 1.61. The fourth-order valence-corrected chi connectivity index (χ4v) is 2.37. The molecule has 1 aliphatic rings. The van der Waals surface area contributed by atoms with Crippen molar-refractivity contribution >= 4 is 24.2 Å². The van der Waals surface area contributed by atoms with Gasteiger partial charge in [-0.15, -0.1) is 0 Å². The van der Waals surface area contributed by atoms with Crippen molar-refractivity contribution in [2.75, 3.05) is 14.2 Å². The standard InChI is InChI=1S/C15H20BNO7/c1-14(2)15(3,4)24-16(23-14)10-7-9(13(18)22-6)8-11(17(19)20)12(10)21-5/h7-8H,1-6H3. The van der Waals surface area contributed by atoms with E-state index in [9.17, 15) is 14.9 Å². The minimum absolute atomic E-state index is 0.00819. The van der Waals surface area contributed by atoms with E-state index < -0.39 is 29.2 Å². The highest BCUT2D eigenvalue weighted by Crippen LogP contribution is 2.38. The molecule has 1 heterocycles. The van der Waals surface area contributed by atoms with E-state index in [1.165, 1.54) is 20.3 Å². The summed E-state index contributed by atoms with van der Waals surface area (Å²) < 4.78 is 21.7. The predicted octanol–water partition coefficient (Wildman–Crippen LogP) is 1.69. The second-order valence-electron chi connectivity index (χ2n) is 6.45. The van der Waals surface area contributed by atoms with Crippen LogP contribution in [0.15, 0.2) is 12.1 Å². The summed E-state index contributed by atoms with van der Waals surface area (Å²) in [6, 6.07) is 2.54. The minimum atomic E-state index is -0.909. The molecular weight excluding hydrogens is 317 g/mol. The van der Waals surface area contributed by atoms with E-state index in [1.807, 2.05) is 27.7 Å². The van der Waals surface area contributed by atoms with E-state index in [4.69, 9.17) is 14.0 Å². The summed E-state index contributed by atoms with van der Waals surface area (Å²) in [6.45, 7) is 7.44. The Labute approximate surface area is 140 Å². The van der Waals surface area contributed by atoms with Crippen LogP contribution in [0.4, 0.5) is 5.69 Å². The molecule has 0 N–H and O–H groups in total. The van der Waals surface area contributed by atoms with Crippen molar-refractivity contribution in [2.45, 2.75) is 38.9 Å². The molecule has 8 nitrogen and oxygen atoms in total. The summed E-state index contributed by atoms with van der Waals surface area (Å²) in [5.41, 5.74) is -1.34. The Balaban J connectivity index is 2.62. The number of ether oxygens (including phenoxy) is 2. The van der Waals surface area contributed by atoms with Crippen LogP contribution >= 0.6 is 0 Å². The topological polar surface area (TPSA) is 97.1 Å². The summed E-state index contributed by atoms with van der Waals surface area (Å²) in [5.74, 6) is -0.704. The lowest BCUT2D eigenvalue weighted by Gasteiger charge is -2.32. The van der Waals surface area contributed by atoms with Crippen molar-refractivity contribution in [1.29, 1.82) is 0 Å². The van der Waals surface area contributed by atoms with Gasteiger partial charge in [-0.05, 0) is 33.8 Å². The van der Waals surface area contributed by atoms with Gasteiger partial charge in [0.05, 0.1) is 35.9 Å². The molecule has 0 saturated carbocycles. The fourth-order valence-electron chi connectivity index (χ4n) is 2.37. The molecule has 1 aromatic rings. The Bertz CT molecular complexity index is 671. The Morgan fingerprint density at radius 1 is 1.17 bits per heavy atom. The summed E-state index contributed by atoms with van der Waals surface area (Å²) in [5, 5.41) is 11.4. The smallest absolute Gasteiger partial charge is 0.490 e. The molecule has 1 fully saturated rings. The van der Waals surface area contributed by atoms with Crippen molar-refractivity contribution in [3.05, 3.63) is 27.8 Å². The zero-order valence-electron chi connectivity index (χ0n) is 14.5. The Kier molecular flexibility index (Phi) is 4.60. The average molecular weight is 337 g/mol. The predicted molar refractivity (Wildman–Crippen MR) is 86.7 cm³/mol. The highest BCUT2D eigenvalue weighted by atomic mass is 16.7. The molecule has 0 spiro atoms. The SMILES string of the molecule is COC(=O)c1cc(B2OC(C)(C)C(C)(C)O2)c(OC)c([N+](=O)[O-])c1. The third-order valence-electron chi connectivity index (χ3n) is 4.43. The number of nitrogens with zero attached hydrogens (tertiary/aromatic N) is 1. The third kappa shape index (κ3) is 2.96. The normalized spacial score (nSPS) is 18.3. The van der Waals surface area contributed by atoms with Crippen LogP contribution in [0.2, 0.25) is 0 Å². The number of nitro benzene ring substituents is 1. The molecular formula is C15H20BNO7. The summed E-state index contributed by atoms with van der Waals surface area (Å²) in [4.78, 5) is 22.6. The number of carbonyl (C=O) groups excluding carboxylic acids is 1. The first-order valence-electron chi connectivity index (χ1n) is 7.34. The largest absolute Gasteiger partial charge is 0.498 e. The van der Waals surface area contributed by atoms with Gasteiger partial charge in [0.1, 0.15) is 0 Å². The van der Waals surface area contributed by atoms with Gasteiger partial charge in [0.15, 0.2) is 5.75 Å². The maximum atomic E-state index is 11.8. The van der Waals surface area contributed by atoms with Crippen LogP contribution in [-0.4, -0.2) is 43.4 Å². The molecule has 0 unspecified atom stereocenters. The molecule has 0 aliphatic carbocycles. The van der Waals surface area contributed by atoms with Crippen LogP contribution in [-0.2, 0) is 14.0 Å². The Morgan fingerprint density at radius 2 is 1.71 bits per heavy atom. The van der Waals surface area contributed by atoms with Gasteiger partial charge in [-0.1, -0.05) is 0 Å². The molecule has 0 radical (unpaired) electrons.